The van der Waals surface area contributed by atoms with E-state index in [0.29, 0.717) is 0 Å². The number of thioether (sulfide) groups is 1. The van der Waals surface area contributed by atoms with Crippen molar-refractivity contribution in [2.24, 2.45) is 0 Å². The highest BCUT2D eigenvalue weighted by Gasteiger charge is 1.95. The van der Waals surface area contributed by atoms with Crippen LogP contribution in [0.1, 0.15) is 6.92 Å². The molecule has 0 N–H and O–H groups in total. The molecule has 0 aliphatic heterocycles. The van der Waals surface area contributed by atoms with E-state index in [2.05, 4.69) is 6.58 Å². The van der Waals surface area contributed by atoms with E-state index in [1.807, 2.05) is 25.3 Å². The van der Waals surface area contributed by atoms with E-state index in [1.165, 1.54) is 0 Å². The Bertz CT molecular complexity index is 168. The molecular weight excluding hydrogens is 164 g/mol. The highest BCUT2D eigenvalue weighted by molar-refractivity contribution is 8.02. The molecule has 0 saturated heterocycles. The molecule has 0 aromatic carbocycles. The molecule has 0 radical (unpaired) electrons. The number of rotatable bonds is 3. The predicted molar refractivity (Wildman–Crippen MR) is 51.4 cm³/mol. The normalized spacial score (nSPS) is 13.5. The molecule has 0 fully saturated rings. The van der Waals surface area contributed by atoms with E-state index in [0.717, 1.165) is 9.94 Å². The summed E-state index contributed by atoms with van der Waals surface area (Å²) in [6, 6.07) is 0. The highest BCUT2D eigenvalue weighted by Crippen LogP contribution is 2.24. The molecule has 0 aliphatic rings. The molecule has 0 aromatic heterocycles. The van der Waals surface area contributed by atoms with Crippen molar-refractivity contribution in [2.45, 2.75) is 6.92 Å². The van der Waals surface area contributed by atoms with Gasteiger partial charge < -0.3 is 0 Å². The Balaban J connectivity index is 4.35. The third kappa shape index (κ3) is 3.14. The van der Waals surface area contributed by atoms with E-state index in [4.69, 9.17) is 11.6 Å². The van der Waals surface area contributed by atoms with Gasteiger partial charge in [0, 0.05) is 9.94 Å². The van der Waals surface area contributed by atoms with Gasteiger partial charge in [0.1, 0.15) is 0 Å². The zero-order valence-electron chi connectivity index (χ0n) is 6.23. The largest absolute Gasteiger partial charge is 0.128 e. The second-order valence-corrected chi connectivity index (χ2v) is 2.86. The van der Waals surface area contributed by atoms with Gasteiger partial charge in [0.25, 0.3) is 0 Å². The van der Waals surface area contributed by atoms with E-state index in [9.17, 15) is 0 Å². The standard InChI is InChI=1S/C8H11ClS/c1-4-6-8(10-3)7(9)5-2/h4-6H,1H2,2-3H3/b7-5+,8-6+. The lowest BCUT2D eigenvalue weighted by atomic mass is 10.4. The van der Waals surface area contributed by atoms with Gasteiger partial charge in [-0.05, 0) is 19.3 Å². The van der Waals surface area contributed by atoms with Crippen molar-refractivity contribution in [1.29, 1.82) is 0 Å². The van der Waals surface area contributed by atoms with E-state index < -0.39 is 0 Å². The molecule has 0 aromatic rings. The molecule has 0 amide bonds. The summed E-state index contributed by atoms with van der Waals surface area (Å²) in [5.74, 6) is 0. The summed E-state index contributed by atoms with van der Waals surface area (Å²) >= 11 is 7.45. The van der Waals surface area contributed by atoms with Crippen LogP contribution in [0.25, 0.3) is 0 Å². The molecule has 0 spiro atoms. The van der Waals surface area contributed by atoms with Crippen LogP contribution in [-0.2, 0) is 0 Å². The van der Waals surface area contributed by atoms with Gasteiger partial charge in [-0.15, -0.1) is 11.8 Å². The summed E-state index contributed by atoms with van der Waals surface area (Å²) in [6.45, 7) is 5.50. The zero-order valence-corrected chi connectivity index (χ0v) is 7.80. The molecule has 0 unspecified atom stereocenters. The van der Waals surface area contributed by atoms with Crippen molar-refractivity contribution in [3.63, 3.8) is 0 Å². The number of hydrogen-bond donors (Lipinski definition) is 0. The topological polar surface area (TPSA) is 0 Å². The van der Waals surface area contributed by atoms with E-state index >= 15 is 0 Å². The maximum atomic E-state index is 5.83. The SMILES string of the molecule is C=C/C=C(SC)\C(Cl)=C/C. The van der Waals surface area contributed by atoms with Crippen molar-refractivity contribution in [2.75, 3.05) is 6.26 Å². The van der Waals surface area contributed by atoms with Crippen LogP contribution in [0, 0.1) is 0 Å². The summed E-state index contributed by atoms with van der Waals surface area (Å²) in [7, 11) is 0. The molecule has 56 valence electrons. The highest BCUT2D eigenvalue weighted by atomic mass is 35.5. The third-order valence-corrected chi connectivity index (χ3v) is 2.31. The van der Waals surface area contributed by atoms with Crippen molar-refractivity contribution < 1.29 is 0 Å². The van der Waals surface area contributed by atoms with Gasteiger partial charge in [0.15, 0.2) is 0 Å². The second-order valence-electron chi connectivity index (χ2n) is 1.61. The molecule has 0 aliphatic carbocycles. The van der Waals surface area contributed by atoms with Crippen LogP contribution in [0.15, 0.2) is 34.7 Å². The van der Waals surface area contributed by atoms with Crippen LogP contribution in [0.4, 0.5) is 0 Å². The first-order valence-electron chi connectivity index (χ1n) is 2.95. The fraction of sp³-hybridized carbons (Fsp3) is 0.250. The average molecular weight is 175 g/mol. The molecule has 0 rings (SSSR count). The lowest BCUT2D eigenvalue weighted by Crippen LogP contribution is -1.73. The molecule has 10 heavy (non-hydrogen) atoms. The van der Waals surface area contributed by atoms with E-state index in [1.54, 1.807) is 17.8 Å². The summed E-state index contributed by atoms with van der Waals surface area (Å²) < 4.78 is 0. The minimum absolute atomic E-state index is 0.785. The van der Waals surface area contributed by atoms with Gasteiger partial charge in [-0.25, -0.2) is 0 Å². The summed E-state index contributed by atoms with van der Waals surface area (Å²) in [5.41, 5.74) is 0. The number of halogens is 1. The van der Waals surface area contributed by atoms with Gasteiger partial charge >= 0.3 is 0 Å². The Morgan fingerprint density at radius 3 is 2.50 bits per heavy atom. The molecular formula is C8H11ClS. The van der Waals surface area contributed by atoms with Crippen molar-refractivity contribution >= 4 is 23.4 Å². The Labute approximate surface area is 71.7 Å². The predicted octanol–water partition coefficient (Wildman–Crippen LogP) is 3.56. The molecule has 0 nitrogen and oxygen atoms in total. The smallest absolute Gasteiger partial charge is 0.0499 e. The lowest BCUT2D eigenvalue weighted by molar-refractivity contribution is 1.67. The van der Waals surface area contributed by atoms with Gasteiger partial charge in [0.05, 0.1) is 0 Å². The van der Waals surface area contributed by atoms with Gasteiger partial charge in [-0.1, -0.05) is 30.3 Å². The maximum absolute atomic E-state index is 5.83. The molecule has 2 heteroatoms. The Kier molecular flexibility index (Phi) is 5.55. The fourth-order valence-corrected chi connectivity index (χ4v) is 1.33. The first kappa shape index (κ1) is 9.86. The summed E-state index contributed by atoms with van der Waals surface area (Å²) in [6.07, 6.45) is 7.49. The van der Waals surface area contributed by atoms with E-state index in [-0.39, 0.29) is 0 Å². The molecule has 0 heterocycles. The molecule has 0 saturated carbocycles. The van der Waals surface area contributed by atoms with Gasteiger partial charge in [0.2, 0.25) is 0 Å². The molecule has 0 bridgehead atoms. The zero-order chi connectivity index (χ0) is 7.98. The maximum Gasteiger partial charge on any atom is 0.0499 e. The second kappa shape index (κ2) is 5.63. The monoisotopic (exact) mass is 174 g/mol. The first-order chi connectivity index (χ1) is 4.76. The van der Waals surface area contributed by atoms with Gasteiger partial charge in [-0.3, -0.25) is 0 Å². The first-order valence-corrected chi connectivity index (χ1v) is 4.55. The molecule has 0 atom stereocenters. The number of allylic oxidation sites excluding steroid dienone is 4. The fourth-order valence-electron chi connectivity index (χ4n) is 0.494. The van der Waals surface area contributed by atoms with Crippen LogP contribution in [-0.4, -0.2) is 6.26 Å². The summed E-state index contributed by atoms with van der Waals surface area (Å²) in [4.78, 5) is 1.05. The quantitative estimate of drug-likeness (QED) is 0.590. The summed E-state index contributed by atoms with van der Waals surface area (Å²) in [5, 5.41) is 0.785. The Morgan fingerprint density at radius 1 is 1.60 bits per heavy atom. The van der Waals surface area contributed by atoms with Crippen LogP contribution in [0.5, 0.6) is 0 Å². The van der Waals surface area contributed by atoms with Crippen LogP contribution >= 0.6 is 23.4 Å². The van der Waals surface area contributed by atoms with Crippen LogP contribution in [0.3, 0.4) is 0 Å². The average Bonchev–Trinajstić information content (AvgIpc) is 1.99. The Hall–Kier alpha value is -0.140. The number of hydrogen-bond acceptors (Lipinski definition) is 1. The van der Waals surface area contributed by atoms with Crippen LogP contribution < -0.4 is 0 Å². The Morgan fingerprint density at radius 2 is 2.20 bits per heavy atom. The third-order valence-electron chi connectivity index (χ3n) is 0.978. The van der Waals surface area contributed by atoms with Crippen molar-refractivity contribution in [3.8, 4) is 0 Å². The van der Waals surface area contributed by atoms with Crippen molar-refractivity contribution in [1.82, 2.24) is 0 Å². The minimum Gasteiger partial charge on any atom is -0.128 e. The van der Waals surface area contributed by atoms with Gasteiger partial charge in [-0.2, -0.15) is 0 Å². The van der Waals surface area contributed by atoms with Crippen LogP contribution in [0.2, 0.25) is 0 Å². The lowest BCUT2D eigenvalue weighted by Gasteiger charge is -1.98. The minimum atomic E-state index is 0.785. The van der Waals surface area contributed by atoms with Crippen molar-refractivity contribution in [3.05, 3.63) is 34.7 Å².